The van der Waals surface area contributed by atoms with E-state index in [2.05, 4.69) is 4.90 Å². The highest BCUT2D eigenvalue weighted by Crippen LogP contribution is 2.24. The van der Waals surface area contributed by atoms with Crippen molar-refractivity contribution in [2.75, 3.05) is 39.8 Å². The van der Waals surface area contributed by atoms with Gasteiger partial charge in [0.1, 0.15) is 0 Å². The number of benzene rings is 3. The van der Waals surface area contributed by atoms with Crippen LogP contribution in [0.15, 0.2) is 78.9 Å². The summed E-state index contributed by atoms with van der Waals surface area (Å²) in [5.41, 5.74) is 3.57. The molecule has 1 fully saturated rings. The molecule has 0 saturated carbocycles. The van der Waals surface area contributed by atoms with Crippen LogP contribution in [0.2, 0.25) is 5.02 Å². The number of carbonyl (C=O) groups excluding carboxylic acids is 2. The molecule has 1 saturated heterocycles. The molecule has 1 amide bonds. The quantitative estimate of drug-likeness (QED) is 0.391. The summed E-state index contributed by atoms with van der Waals surface area (Å²) in [4.78, 5) is 28.7. The number of esters is 1. The number of amides is 1. The van der Waals surface area contributed by atoms with Crippen LogP contribution in [0.1, 0.15) is 33.2 Å². The van der Waals surface area contributed by atoms with Crippen molar-refractivity contribution < 1.29 is 19.1 Å². The van der Waals surface area contributed by atoms with Crippen molar-refractivity contribution in [1.82, 2.24) is 9.80 Å². The Morgan fingerprint density at radius 1 is 0.861 bits per heavy atom. The van der Waals surface area contributed by atoms with E-state index in [9.17, 15) is 9.59 Å². The summed E-state index contributed by atoms with van der Waals surface area (Å²) in [5.74, 6) is -0.190. The third-order valence-corrected chi connectivity index (χ3v) is 6.67. The van der Waals surface area contributed by atoms with E-state index < -0.39 is 0 Å². The molecule has 0 radical (unpaired) electrons. The number of rotatable bonds is 9. The first-order valence-electron chi connectivity index (χ1n) is 12.1. The zero-order valence-corrected chi connectivity index (χ0v) is 21.2. The lowest BCUT2D eigenvalue weighted by Crippen LogP contribution is -2.50. The Balaban J connectivity index is 1.35. The lowest BCUT2D eigenvalue weighted by Gasteiger charge is -2.36. The molecule has 1 unspecified atom stereocenters. The van der Waals surface area contributed by atoms with Gasteiger partial charge in [0.15, 0.2) is 0 Å². The van der Waals surface area contributed by atoms with Gasteiger partial charge in [0.05, 0.1) is 31.8 Å². The van der Waals surface area contributed by atoms with Crippen LogP contribution >= 0.6 is 11.6 Å². The molecule has 6 nitrogen and oxygen atoms in total. The van der Waals surface area contributed by atoms with E-state index in [-0.39, 0.29) is 18.0 Å². The second kappa shape index (κ2) is 12.7. The molecule has 36 heavy (non-hydrogen) atoms. The molecule has 3 aromatic carbocycles. The van der Waals surface area contributed by atoms with Gasteiger partial charge in [0.2, 0.25) is 5.91 Å². The van der Waals surface area contributed by atoms with Gasteiger partial charge in [-0.05, 0) is 41.0 Å². The second-order valence-electron chi connectivity index (χ2n) is 8.88. The maximum absolute atomic E-state index is 12.7. The number of ether oxygens (including phenoxy) is 2. The molecule has 7 heteroatoms. The Morgan fingerprint density at radius 2 is 1.53 bits per heavy atom. The van der Waals surface area contributed by atoms with Gasteiger partial charge in [-0.1, -0.05) is 66.2 Å². The fraction of sp³-hybridized carbons (Fsp3) is 0.310. The van der Waals surface area contributed by atoms with Crippen LogP contribution in [0.5, 0.6) is 0 Å². The van der Waals surface area contributed by atoms with Gasteiger partial charge >= 0.3 is 5.97 Å². The summed E-state index contributed by atoms with van der Waals surface area (Å²) in [5, 5.41) is 0.682. The Labute approximate surface area is 217 Å². The number of nitrogens with zero attached hydrogens (tertiary/aromatic N) is 2. The minimum absolute atomic E-state index is 0.158. The topological polar surface area (TPSA) is 59.1 Å². The number of methoxy groups -OCH3 is 1. The van der Waals surface area contributed by atoms with Crippen molar-refractivity contribution in [3.05, 3.63) is 106 Å². The van der Waals surface area contributed by atoms with Crippen molar-refractivity contribution in [2.45, 2.75) is 19.1 Å². The normalized spacial score (nSPS) is 14.9. The smallest absolute Gasteiger partial charge is 0.337 e. The van der Waals surface area contributed by atoms with Crippen LogP contribution in [0.3, 0.4) is 0 Å². The van der Waals surface area contributed by atoms with E-state index in [1.54, 1.807) is 12.1 Å². The Kier molecular flexibility index (Phi) is 9.11. The van der Waals surface area contributed by atoms with Gasteiger partial charge in [-0.15, -0.1) is 0 Å². The van der Waals surface area contributed by atoms with E-state index >= 15 is 0 Å². The van der Waals surface area contributed by atoms with Crippen LogP contribution in [-0.4, -0.2) is 61.5 Å². The molecule has 1 heterocycles. The third kappa shape index (κ3) is 7.17. The van der Waals surface area contributed by atoms with E-state index in [1.165, 1.54) is 7.11 Å². The lowest BCUT2D eigenvalue weighted by atomic mass is 10.1. The number of hydrogen-bond acceptors (Lipinski definition) is 5. The lowest BCUT2D eigenvalue weighted by molar-refractivity contribution is -0.132. The molecule has 0 bridgehead atoms. The van der Waals surface area contributed by atoms with Crippen LogP contribution in [-0.2, 0) is 27.3 Å². The van der Waals surface area contributed by atoms with Gasteiger partial charge in [-0.2, -0.15) is 0 Å². The second-order valence-corrected chi connectivity index (χ2v) is 9.32. The summed E-state index contributed by atoms with van der Waals surface area (Å²) in [6.07, 6.45) is 0.278. The number of carbonyl (C=O) groups is 2. The van der Waals surface area contributed by atoms with Crippen LogP contribution < -0.4 is 0 Å². The molecule has 0 aliphatic carbocycles. The fourth-order valence-electron chi connectivity index (χ4n) is 4.28. The molecule has 3 aromatic rings. The van der Waals surface area contributed by atoms with E-state index in [0.29, 0.717) is 43.2 Å². The number of halogens is 1. The van der Waals surface area contributed by atoms with Gasteiger partial charge in [-0.25, -0.2) is 4.79 Å². The van der Waals surface area contributed by atoms with Crippen molar-refractivity contribution >= 4 is 23.5 Å². The van der Waals surface area contributed by atoms with Crippen LogP contribution in [0.25, 0.3) is 0 Å². The van der Waals surface area contributed by atoms with Crippen LogP contribution in [0.4, 0.5) is 0 Å². The molecule has 0 aromatic heterocycles. The molecule has 1 atom stereocenters. The largest absolute Gasteiger partial charge is 0.465 e. The summed E-state index contributed by atoms with van der Waals surface area (Å²) in [6.45, 7) is 4.11. The van der Waals surface area contributed by atoms with Gasteiger partial charge in [-0.3, -0.25) is 9.69 Å². The summed E-state index contributed by atoms with van der Waals surface area (Å²) >= 11 is 6.11. The summed E-state index contributed by atoms with van der Waals surface area (Å²) < 4.78 is 11.1. The first-order chi connectivity index (χ1) is 17.5. The highest BCUT2D eigenvalue weighted by Gasteiger charge is 2.24. The molecule has 0 N–H and O–H groups in total. The third-order valence-electron chi connectivity index (χ3n) is 6.42. The molecule has 4 rings (SSSR count). The van der Waals surface area contributed by atoms with Gasteiger partial charge < -0.3 is 14.4 Å². The highest BCUT2D eigenvalue weighted by molar-refractivity contribution is 6.30. The minimum atomic E-state index is -0.358. The number of hydrogen-bond donors (Lipinski definition) is 0. The predicted octanol–water partition coefficient (Wildman–Crippen LogP) is 4.77. The van der Waals surface area contributed by atoms with Crippen molar-refractivity contribution in [3.63, 3.8) is 0 Å². The molecular weight excluding hydrogens is 476 g/mol. The van der Waals surface area contributed by atoms with E-state index in [1.807, 2.05) is 71.6 Å². The zero-order chi connectivity index (χ0) is 25.3. The van der Waals surface area contributed by atoms with Crippen LogP contribution in [0, 0.1) is 0 Å². The maximum atomic E-state index is 12.7. The fourth-order valence-corrected chi connectivity index (χ4v) is 4.41. The SMILES string of the molecule is COC(=O)c1ccc(COC(CN2CCN(C(=O)Cc3ccccc3)CC2)c2ccc(Cl)cc2)cc1. The first-order valence-corrected chi connectivity index (χ1v) is 12.5. The molecule has 188 valence electrons. The highest BCUT2D eigenvalue weighted by atomic mass is 35.5. The summed E-state index contributed by atoms with van der Waals surface area (Å²) in [6, 6.07) is 24.8. The predicted molar refractivity (Wildman–Crippen MR) is 140 cm³/mol. The Hall–Kier alpha value is -3.19. The van der Waals surface area contributed by atoms with Crippen molar-refractivity contribution in [3.8, 4) is 0 Å². The standard InChI is InChI=1S/C29H31ClN2O4/c1-35-29(34)25-9-7-23(8-10-25)21-36-27(24-11-13-26(30)14-12-24)20-31-15-17-32(18-16-31)28(33)19-22-5-3-2-4-6-22/h2-14,27H,15-21H2,1H3. The van der Waals surface area contributed by atoms with E-state index in [4.69, 9.17) is 21.1 Å². The van der Waals surface area contributed by atoms with Gasteiger partial charge in [0, 0.05) is 37.7 Å². The molecular formula is C29H31ClN2O4. The average molecular weight is 507 g/mol. The monoisotopic (exact) mass is 506 g/mol. The van der Waals surface area contributed by atoms with E-state index in [0.717, 1.165) is 29.8 Å². The Morgan fingerprint density at radius 3 is 2.17 bits per heavy atom. The maximum Gasteiger partial charge on any atom is 0.337 e. The number of piperazine rings is 1. The Bertz CT molecular complexity index is 1130. The van der Waals surface area contributed by atoms with Crippen molar-refractivity contribution in [2.24, 2.45) is 0 Å². The van der Waals surface area contributed by atoms with Gasteiger partial charge in [0.25, 0.3) is 0 Å². The minimum Gasteiger partial charge on any atom is -0.465 e. The average Bonchev–Trinajstić information content (AvgIpc) is 2.92. The zero-order valence-electron chi connectivity index (χ0n) is 20.4. The molecule has 1 aliphatic heterocycles. The molecule has 1 aliphatic rings. The molecule has 0 spiro atoms. The van der Waals surface area contributed by atoms with Crippen molar-refractivity contribution in [1.29, 1.82) is 0 Å². The first kappa shape index (κ1) is 25.9. The summed E-state index contributed by atoms with van der Waals surface area (Å²) in [7, 11) is 1.37.